The Balaban J connectivity index is 1.36. The van der Waals surface area contributed by atoms with Gasteiger partial charge in [-0.15, -0.1) is 11.3 Å². The molecule has 190 valence electrons. The Morgan fingerprint density at radius 1 is 1.03 bits per heavy atom. The average molecular weight is 525 g/mol. The molecule has 5 rings (SSSR count). The molecule has 1 aromatic carbocycles. The molecule has 3 aromatic rings. The highest BCUT2D eigenvalue weighted by Crippen LogP contribution is 2.32. The number of piperazine rings is 1. The number of amides is 1. The molecule has 0 unspecified atom stereocenters. The maximum atomic E-state index is 12.0. The fourth-order valence-corrected chi connectivity index (χ4v) is 5.34. The van der Waals surface area contributed by atoms with Gasteiger partial charge in [0.25, 0.3) is 0 Å². The predicted octanol–water partition coefficient (Wildman–Crippen LogP) is 4.62. The molecule has 2 aliphatic rings. The molecule has 11 heteroatoms. The summed E-state index contributed by atoms with van der Waals surface area (Å²) in [6.07, 6.45) is 1.98. The fraction of sp³-hybridized carbons (Fsp3) is 0.480. The van der Waals surface area contributed by atoms with E-state index < -0.39 is 0 Å². The monoisotopic (exact) mass is 524 g/mol. The molecule has 3 heterocycles. The molecule has 1 aliphatic carbocycles. The lowest BCUT2D eigenvalue weighted by Crippen LogP contribution is -2.45. The van der Waals surface area contributed by atoms with Gasteiger partial charge < -0.3 is 15.1 Å². The molecule has 0 atom stereocenters. The highest BCUT2D eigenvalue weighted by Gasteiger charge is 2.29. The zero-order chi connectivity index (χ0) is 25.3. The van der Waals surface area contributed by atoms with Crippen LogP contribution in [0.2, 0.25) is 0 Å². The van der Waals surface area contributed by atoms with Gasteiger partial charge >= 0.3 is 0 Å². The Bertz CT molecular complexity index is 1210. The van der Waals surface area contributed by atoms with Crippen molar-refractivity contribution in [1.29, 1.82) is 0 Å². The lowest BCUT2D eigenvalue weighted by Gasteiger charge is -2.32. The third kappa shape index (κ3) is 6.32. The first-order valence-corrected chi connectivity index (χ1v) is 13.9. The molecule has 1 amide bonds. The number of hydrogen-bond donors (Lipinski definition) is 2. The molecular weight excluding hydrogens is 492 g/mol. The highest BCUT2D eigenvalue weighted by atomic mass is 32.2. The van der Waals surface area contributed by atoms with E-state index >= 15 is 0 Å². The van der Waals surface area contributed by atoms with Crippen molar-refractivity contribution >= 4 is 51.7 Å². The van der Waals surface area contributed by atoms with Crippen LogP contribution >= 0.6 is 23.1 Å². The van der Waals surface area contributed by atoms with Gasteiger partial charge in [0.15, 0.2) is 10.3 Å². The van der Waals surface area contributed by atoms with Crippen LogP contribution < -0.4 is 15.5 Å². The minimum absolute atomic E-state index is 0.0220. The van der Waals surface area contributed by atoms with E-state index in [1.54, 1.807) is 11.3 Å². The summed E-state index contributed by atoms with van der Waals surface area (Å²) in [5.74, 6) is 1.45. The number of hydrogen-bond acceptors (Lipinski definition) is 10. The number of thiazole rings is 1. The first kappa shape index (κ1) is 24.9. The molecular formula is C25H32N8OS2. The molecule has 1 saturated carbocycles. The number of benzene rings is 1. The number of likely N-dealkylation sites (N-methyl/N-ethyl adjacent to an activating group) is 1. The second kappa shape index (κ2) is 10.3. The van der Waals surface area contributed by atoms with E-state index in [4.69, 9.17) is 19.9 Å². The normalized spacial score (nSPS) is 16.7. The SMILES string of the molecule is CN1CCN(c2nc(Nc3nc(C(C)(C)C)cs3)nc(Sc3ccc(NC(=O)C4CC4)cc3)n2)CC1. The summed E-state index contributed by atoms with van der Waals surface area (Å²) >= 11 is 3.03. The lowest BCUT2D eigenvalue weighted by atomic mass is 9.93. The zero-order valence-corrected chi connectivity index (χ0v) is 22.7. The Morgan fingerprint density at radius 3 is 2.39 bits per heavy atom. The Kier molecular flexibility index (Phi) is 7.14. The second-order valence-electron chi connectivity index (χ2n) is 10.3. The van der Waals surface area contributed by atoms with Gasteiger partial charge in [-0.25, -0.2) is 4.98 Å². The van der Waals surface area contributed by atoms with Crippen molar-refractivity contribution in [2.24, 2.45) is 5.92 Å². The molecule has 2 aromatic heterocycles. The zero-order valence-electron chi connectivity index (χ0n) is 21.1. The number of nitrogens with one attached hydrogen (secondary N) is 2. The Morgan fingerprint density at radius 2 is 1.75 bits per heavy atom. The molecule has 9 nitrogen and oxygen atoms in total. The van der Waals surface area contributed by atoms with Crippen LogP contribution in [0.15, 0.2) is 39.7 Å². The van der Waals surface area contributed by atoms with E-state index in [0.29, 0.717) is 17.1 Å². The number of anilines is 4. The van der Waals surface area contributed by atoms with Crippen molar-refractivity contribution in [2.75, 3.05) is 48.8 Å². The predicted molar refractivity (Wildman–Crippen MR) is 146 cm³/mol. The van der Waals surface area contributed by atoms with Crippen LogP contribution in [0, 0.1) is 5.92 Å². The summed E-state index contributed by atoms with van der Waals surface area (Å²) in [4.78, 5) is 36.5. The van der Waals surface area contributed by atoms with Gasteiger partial charge in [0, 0.05) is 53.5 Å². The number of carbonyl (C=O) groups is 1. The summed E-state index contributed by atoms with van der Waals surface area (Å²) < 4.78 is 0. The molecule has 0 spiro atoms. The molecule has 36 heavy (non-hydrogen) atoms. The van der Waals surface area contributed by atoms with Crippen molar-refractivity contribution in [2.45, 2.75) is 49.1 Å². The lowest BCUT2D eigenvalue weighted by molar-refractivity contribution is -0.117. The van der Waals surface area contributed by atoms with Gasteiger partial charge in [-0.2, -0.15) is 15.0 Å². The van der Waals surface area contributed by atoms with Crippen LogP contribution in [0.4, 0.5) is 22.7 Å². The van der Waals surface area contributed by atoms with Gasteiger partial charge in [-0.3, -0.25) is 10.1 Å². The maximum absolute atomic E-state index is 12.0. The first-order valence-electron chi connectivity index (χ1n) is 12.2. The first-order chi connectivity index (χ1) is 17.2. The largest absolute Gasteiger partial charge is 0.338 e. The Labute approximate surface area is 220 Å². The van der Waals surface area contributed by atoms with Gasteiger partial charge in [0.05, 0.1) is 5.69 Å². The third-order valence-corrected chi connectivity index (χ3v) is 7.79. The van der Waals surface area contributed by atoms with E-state index in [-0.39, 0.29) is 17.2 Å². The van der Waals surface area contributed by atoms with Crippen molar-refractivity contribution in [3.8, 4) is 0 Å². The van der Waals surface area contributed by atoms with Crippen LogP contribution in [-0.2, 0) is 10.2 Å². The van der Waals surface area contributed by atoms with Gasteiger partial charge in [0.2, 0.25) is 17.8 Å². The standard InChI is InChI=1S/C25H32N8OS2/c1-25(2,3)19-15-35-23(27-19)29-21-28-22(33-13-11-32(4)12-14-33)31-24(30-21)36-18-9-7-17(8-10-18)26-20(34)16-5-6-16/h7-10,15-16H,5-6,11-14H2,1-4H3,(H,26,34)(H,27,28,29,30,31). The second-order valence-corrected chi connectivity index (χ2v) is 12.2. The van der Waals surface area contributed by atoms with E-state index in [0.717, 1.165) is 60.4 Å². The quantitative estimate of drug-likeness (QED) is 0.459. The summed E-state index contributed by atoms with van der Waals surface area (Å²) in [6, 6.07) is 7.81. The van der Waals surface area contributed by atoms with Gasteiger partial charge in [0.1, 0.15) is 0 Å². The molecule has 1 aliphatic heterocycles. The summed E-state index contributed by atoms with van der Waals surface area (Å²) in [5.41, 5.74) is 1.82. The molecule has 0 radical (unpaired) electrons. The van der Waals surface area contributed by atoms with E-state index in [1.165, 1.54) is 11.8 Å². The molecule has 0 bridgehead atoms. The summed E-state index contributed by atoms with van der Waals surface area (Å²) in [5, 5.41) is 9.74. The van der Waals surface area contributed by atoms with E-state index in [1.807, 2.05) is 24.3 Å². The number of nitrogens with zero attached hydrogens (tertiary/aromatic N) is 6. The average Bonchev–Trinajstić information content (AvgIpc) is 3.58. The number of rotatable bonds is 7. The summed E-state index contributed by atoms with van der Waals surface area (Å²) in [6.45, 7) is 10.1. The molecule has 1 saturated heterocycles. The minimum atomic E-state index is -0.0220. The van der Waals surface area contributed by atoms with Crippen molar-refractivity contribution in [1.82, 2.24) is 24.8 Å². The van der Waals surface area contributed by atoms with E-state index in [2.05, 4.69) is 53.6 Å². The third-order valence-electron chi connectivity index (χ3n) is 6.16. The van der Waals surface area contributed by atoms with Crippen molar-refractivity contribution < 1.29 is 4.79 Å². The minimum Gasteiger partial charge on any atom is -0.338 e. The van der Waals surface area contributed by atoms with Gasteiger partial charge in [-0.1, -0.05) is 20.8 Å². The van der Waals surface area contributed by atoms with Crippen LogP contribution in [0.25, 0.3) is 0 Å². The van der Waals surface area contributed by atoms with E-state index in [9.17, 15) is 4.79 Å². The number of aromatic nitrogens is 4. The topological polar surface area (TPSA) is 99.2 Å². The smallest absolute Gasteiger partial charge is 0.234 e. The maximum Gasteiger partial charge on any atom is 0.234 e. The number of carbonyl (C=O) groups excluding carboxylic acids is 1. The fourth-order valence-electron chi connectivity index (χ4n) is 3.67. The van der Waals surface area contributed by atoms with Crippen LogP contribution in [-0.4, -0.2) is 64.0 Å². The summed E-state index contributed by atoms with van der Waals surface area (Å²) in [7, 11) is 2.13. The van der Waals surface area contributed by atoms with Crippen LogP contribution in [0.5, 0.6) is 0 Å². The highest BCUT2D eigenvalue weighted by molar-refractivity contribution is 7.99. The van der Waals surface area contributed by atoms with Crippen LogP contribution in [0.1, 0.15) is 39.3 Å². The molecule has 2 fully saturated rings. The Hall–Kier alpha value is -2.76. The van der Waals surface area contributed by atoms with Crippen LogP contribution in [0.3, 0.4) is 0 Å². The van der Waals surface area contributed by atoms with Crippen molar-refractivity contribution in [3.05, 3.63) is 35.3 Å². The van der Waals surface area contributed by atoms with Gasteiger partial charge in [-0.05, 0) is 55.9 Å². The molecule has 2 N–H and O–H groups in total. The van der Waals surface area contributed by atoms with Crippen molar-refractivity contribution in [3.63, 3.8) is 0 Å².